The van der Waals surface area contributed by atoms with Crippen LogP contribution < -0.4 is 0 Å². The zero-order valence-electron chi connectivity index (χ0n) is 6.77. The average molecular weight is 176 g/mol. The molecule has 0 unspecified atom stereocenters. The molecule has 5 heteroatoms. The smallest absolute Gasteiger partial charge is 0.302 e. The van der Waals surface area contributed by atoms with E-state index in [-0.39, 0.29) is 13.2 Å². The highest BCUT2D eigenvalue weighted by atomic mass is 16.6. The van der Waals surface area contributed by atoms with Crippen LogP contribution >= 0.6 is 0 Å². The van der Waals surface area contributed by atoms with E-state index in [2.05, 4.69) is 4.74 Å². The van der Waals surface area contributed by atoms with Crippen molar-refractivity contribution in [1.82, 2.24) is 0 Å². The molecule has 1 fully saturated rings. The zero-order valence-corrected chi connectivity index (χ0v) is 6.77. The maximum atomic E-state index is 10.4. The van der Waals surface area contributed by atoms with Crippen LogP contribution in [0.5, 0.6) is 0 Å². The van der Waals surface area contributed by atoms with Crippen molar-refractivity contribution in [1.29, 1.82) is 0 Å². The van der Waals surface area contributed by atoms with Gasteiger partial charge < -0.3 is 19.7 Å². The molecule has 0 aromatic carbocycles. The number of ether oxygens (including phenoxy) is 2. The molecule has 0 saturated carbocycles. The van der Waals surface area contributed by atoms with Gasteiger partial charge in [0, 0.05) is 6.92 Å². The minimum Gasteiger partial charge on any atom is -0.463 e. The fourth-order valence-corrected chi connectivity index (χ4v) is 1.01. The monoisotopic (exact) mass is 176 g/mol. The third-order valence-electron chi connectivity index (χ3n) is 1.71. The molecule has 2 N–H and O–H groups in total. The predicted octanol–water partition coefficient (Wildman–Crippen LogP) is -1.33. The van der Waals surface area contributed by atoms with Crippen LogP contribution in [0.15, 0.2) is 0 Å². The van der Waals surface area contributed by atoms with Crippen LogP contribution in [0.2, 0.25) is 0 Å². The van der Waals surface area contributed by atoms with E-state index in [9.17, 15) is 9.90 Å². The number of aliphatic hydroxyl groups excluding tert-OH is 2. The Bertz CT molecular complexity index is 169. The molecular weight excluding hydrogens is 164 g/mol. The minimum absolute atomic E-state index is 0.00639. The van der Waals surface area contributed by atoms with Gasteiger partial charge in [-0.1, -0.05) is 0 Å². The Labute approximate surface area is 69.9 Å². The van der Waals surface area contributed by atoms with Crippen LogP contribution in [-0.4, -0.2) is 47.7 Å². The van der Waals surface area contributed by atoms with E-state index in [1.54, 1.807) is 0 Å². The molecule has 1 aliphatic rings. The molecule has 1 heterocycles. The number of esters is 1. The molecule has 70 valence electrons. The second-order valence-electron chi connectivity index (χ2n) is 2.73. The number of hydrogen-bond acceptors (Lipinski definition) is 5. The summed E-state index contributed by atoms with van der Waals surface area (Å²) in [5.74, 6) is -0.424. The maximum absolute atomic E-state index is 10.4. The lowest BCUT2D eigenvalue weighted by molar-refractivity contribution is -0.145. The molecular formula is C7H12O5. The predicted molar refractivity (Wildman–Crippen MR) is 38.4 cm³/mol. The highest BCUT2D eigenvalue weighted by Crippen LogP contribution is 2.14. The summed E-state index contributed by atoms with van der Waals surface area (Å²) in [6.07, 6.45) is -2.42. The van der Waals surface area contributed by atoms with Gasteiger partial charge >= 0.3 is 5.97 Å². The molecule has 0 aliphatic carbocycles. The van der Waals surface area contributed by atoms with Gasteiger partial charge in [-0.2, -0.15) is 0 Å². The van der Waals surface area contributed by atoms with Crippen molar-refractivity contribution in [3.8, 4) is 0 Å². The van der Waals surface area contributed by atoms with E-state index < -0.39 is 24.3 Å². The molecule has 12 heavy (non-hydrogen) atoms. The minimum atomic E-state index is -0.954. The molecule has 3 atom stereocenters. The highest BCUT2D eigenvalue weighted by molar-refractivity contribution is 5.65. The lowest BCUT2D eigenvalue weighted by Crippen LogP contribution is -2.33. The molecule has 0 radical (unpaired) electrons. The van der Waals surface area contributed by atoms with Crippen molar-refractivity contribution in [2.45, 2.75) is 25.2 Å². The number of hydrogen-bond donors (Lipinski definition) is 2. The fourth-order valence-electron chi connectivity index (χ4n) is 1.01. The first kappa shape index (κ1) is 9.44. The Morgan fingerprint density at radius 3 is 2.75 bits per heavy atom. The van der Waals surface area contributed by atoms with Crippen molar-refractivity contribution in [2.24, 2.45) is 0 Å². The number of aliphatic hydroxyl groups is 2. The number of carbonyl (C=O) groups is 1. The summed E-state index contributed by atoms with van der Waals surface area (Å²) in [7, 11) is 0. The molecule has 1 rings (SSSR count). The summed E-state index contributed by atoms with van der Waals surface area (Å²) >= 11 is 0. The van der Waals surface area contributed by atoms with Gasteiger partial charge in [-0.25, -0.2) is 0 Å². The van der Waals surface area contributed by atoms with Gasteiger partial charge in [-0.15, -0.1) is 0 Å². The third kappa shape index (κ3) is 2.17. The Hall–Kier alpha value is -0.650. The van der Waals surface area contributed by atoms with Gasteiger partial charge in [0.15, 0.2) is 0 Å². The summed E-state index contributed by atoms with van der Waals surface area (Å²) in [6.45, 7) is 1.36. The van der Waals surface area contributed by atoms with Gasteiger partial charge in [0.1, 0.15) is 24.9 Å². The first-order chi connectivity index (χ1) is 5.61. The molecule has 0 aromatic heterocycles. The van der Waals surface area contributed by atoms with E-state index in [1.165, 1.54) is 6.92 Å². The van der Waals surface area contributed by atoms with Crippen LogP contribution in [0.1, 0.15) is 6.92 Å². The SMILES string of the molecule is CC(=O)OC[C@H]1OC[C@H](O)[C@H]1O. The Balaban J connectivity index is 2.29. The standard InChI is InChI=1S/C7H12O5/c1-4(8)11-3-6-7(10)5(9)2-12-6/h5-7,9-10H,2-3H2,1H3/t5-,6+,7+/m0/s1. The second-order valence-corrected chi connectivity index (χ2v) is 2.73. The van der Waals surface area contributed by atoms with E-state index >= 15 is 0 Å². The second kappa shape index (κ2) is 3.84. The third-order valence-corrected chi connectivity index (χ3v) is 1.71. The highest BCUT2D eigenvalue weighted by Gasteiger charge is 2.35. The van der Waals surface area contributed by atoms with Crippen LogP contribution in [0.4, 0.5) is 0 Å². The van der Waals surface area contributed by atoms with Crippen molar-refractivity contribution in [2.75, 3.05) is 13.2 Å². The summed E-state index contributed by atoms with van der Waals surface area (Å²) < 4.78 is 9.56. The normalized spacial score (nSPS) is 35.1. The maximum Gasteiger partial charge on any atom is 0.302 e. The first-order valence-electron chi connectivity index (χ1n) is 3.72. The fraction of sp³-hybridized carbons (Fsp3) is 0.857. The van der Waals surface area contributed by atoms with Gasteiger partial charge in [-0.05, 0) is 0 Å². The topological polar surface area (TPSA) is 76.0 Å². The van der Waals surface area contributed by atoms with Gasteiger partial charge in [0.2, 0.25) is 0 Å². The molecule has 1 saturated heterocycles. The van der Waals surface area contributed by atoms with Gasteiger partial charge in [0.05, 0.1) is 6.61 Å². The van der Waals surface area contributed by atoms with Gasteiger partial charge in [-0.3, -0.25) is 4.79 Å². The number of carbonyl (C=O) groups excluding carboxylic acids is 1. The summed E-state index contributed by atoms with van der Waals surface area (Å²) in [5, 5.41) is 18.2. The van der Waals surface area contributed by atoms with E-state index in [0.29, 0.717) is 0 Å². The Morgan fingerprint density at radius 1 is 1.67 bits per heavy atom. The van der Waals surface area contributed by atoms with Crippen LogP contribution in [0.25, 0.3) is 0 Å². The molecule has 1 aliphatic heterocycles. The average Bonchev–Trinajstić information content (AvgIpc) is 2.30. The Kier molecular flexibility index (Phi) is 3.02. The van der Waals surface area contributed by atoms with Crippen LogP contribution in [-0.2, 0) is 14.3 Å². The largest absolute Gasteiger partial charge is 0.463 e. The van der Waals surface area contributed by atoms with Crippen LogP contribution in [0.3, 0.4) is 0 Å². The van der Waals surface area contributed by atoms with E-state index in [1.807, 2.05) is 0 Å². The molecule has 0 amide bonds. The molecule has 0 aromatic rings. The van der Waals surface area contributed by atoms with E-state index in [4.69, 9.17) is 9.84 Å². The molecule has 5 nitrogen and oxygen atoms in total. The Morgan fingerprint density at radius 2 is 2.33 bits per heavy atom. The zero-order chi connectivity index (χ0) is 9.14. The molecule has 0 bridgehead atoms. The van der Waals surface area contributed by atoms with Crippen molar-refractivity contribution in [3.05, 3.63) is 0 Å². The van der Waals surface area contributed by atoms with E-state index in [0.717, 1.165) is 0 Å². The quantitative estimate of drug-likeness (QED) is 0.510. The van der Waals surface area contributed by atoms with Crippen molar-refractivity contribution < 1.29 is 24.5 Å². The summed E-state index contributed by atoms with van der Waals surface area (Å²) in [6, 6.07) is 0. The summed E-state index contributed by atoms with van der Waals surface area (Å²) in [5.41, 5.74) is 0. The van der Waals surface area contributed by atoms with Crippen molar-refractivity contribution >= 4 is 5.97 Å². The first-order valence-corrected chi connectivity index (χ1v) is 3.72. The lowest BCUT2D eigenvalue weighted by Gasteiger charge is -2.13. The lowest BCUT2D eigenvalue weighted by atomic mass is 10.2. The van der Waals surface area contributed by atoms with Crippen molar-refractivity contribution in [3.63, 3.8) is 0 Å². The molecule has 0 spiro atoms. The number of rotatable bonds is 2. The van der Waals surface area contributed by atoms with Gasteiger partial charge in [0.25, 0.3) is 0 Å². The van der Waals surface area contributed by atoms with Crippen LogP contribution in [0, 0.1) is 0 Å². The summed E-state index contributed by atoms with van der Waals surface area (Å²) in [4.78, 5) is 10.4.